The van der Waals surface area contributed by atoms with Crippen LogP contribution in [0.15, 0.2) is 208 Å². The molecule has 0 fully saturated rings. The largest absolute Gasteiger partial charge is 0.395 e. The van der Waals surface area contributed by atoms with Crippen molar-refractivity contribution in [2.24, 2.45) is 0 Å². The maximum Gasteiger partial charge on any atom is 0.255 e. The molecule has 8 rings (SSSR count). The Morgan fingerprint density at radius 3 is 0.901 bits per heavy atom. The zero-order valence-electron chi connectivity index (χ0n) is 54.9. The van der Waals surface area contributed by atoms with Gasteiger partial charge in [0.1, 0.15) is 23.3 Å². The summed E-state index contributed by atoms with van der Waals surface area (Å²) in [6.07, 6.45) is 0. The number of likely N-dealkylation sites (N-methyl/N-ethyl adjacent to an activating group) is 4. The third-order valence-corrected chi connectivity index (χ3v) is 22.2. The first kappa shape index (κ1) is 82.8. The number of hydrogen-bond donors (Lipinski definition) is 8. The Morgan fingerprint density at radius 1 is 0.327 bits per heavy atom. The Labute approximate surface area is 588 Å². The van der Waals surface area contributed by atoms with E-state index < -0.39 is 87.0 Å². The maximum atomic E-state index is 13.2. The number of halogens is 5. The van der Waals surface area contributed by atoms with Gasteiger partial charge in [0.2, 0.25) is 40.1 Å². The third-order valence-electron chi connectivity index (χ3n) is 14.1. The van der Waals surface area contributed by atoms with Gasteiger partial charge in [0.25, 0.3) is 23.6 Å². The lowest BCUT2D eigenvalue weighted by atomic mass is 10.2. The summed E-state index contributed by atoms with van der Waals surface area (Å²) in [4.78, 5) is 49.0. The fourth-order valence-corrected chi connectivity index (χ4v) is 15.3. The first-order valence-electron chi connectivity index (χ1n) is 30.7. The normalized spacial score (nSPS) is 11.5. The summed E-state index contributed by atoms with van der Waals surface area (Å²) in [6, 6.07) is 42.1. The van der Waals surface area contributed by atoms with Gasteiger partial charge in [0, 0.05) is 108 Å². The highest BCUT2D eigenvalue weighted by Gasteiger charge is 2.28. The second kappa shape index (κ2) is 39.4. The van der Waals surface area contributed by atoms with Gasteiger partial charge in [0.15, 0.2) is 0 Å². The monoisotopic (exact) mass is 1500 g/mol. The van der Waals surface area contributed by atoms with Crippen LogP contribution in [0.25, 0.3) is 0 Å². The van der Waals surface area contributed by atoms with Crippen molar-refractivity contribution in [1.82, 2.24) is 17.2 Å². The molecule has 33 heteroatoms. The molecule has 0 aliphatic heterocycles. The predicted octanol–water partition coefficient (Wildman–Crippen LogP) is 8.98. The number of rotatable bonds is 28. The van der Waals surface area contributed by atoms with Gasteiger partial charge in [-0.3, -0.25) is 19.2 Å². The lowest BCUT2D eigenvalue weighted by molar-refractivity contribution is 0.101. The second-order valence-electron chi connectivity index (χ2n) is 21.0. The van der Waals surface area contributed by atoms with E-state index >= 15 is 0 Å². The summed E-state index contributed by atoms with van der Waals surface area (Å²) < 4.78 is 158. The standard InChI is InChI=1S/C17H19ClN2O4S.C17H18F2N2O4S.2C17H19FN2O4S/c1-2-20(9-10-21)25(23,24)16-8-3-5-13(11-16)17(22)19-15-7-4-6-14(18)12-15;1-2-21(6-7-22)26(24,25)16-5-3-4-12(8-16)17(23)20-15-10-13(18)9-14(19)11-15;1-2-20(9-10-21)25(23,24)16-8-3-5-13(11-16)17(22)19-15-7-4-6-14(18)12-15;1-2-20(10-11-21)25(23,24)16-5-3-4-13(12-16)17(22)19-15-8-6-14(18)7-9-15/h3-8,11-12,21H,2,9-10H2,1H3,(H,19,22);3-5,8-11,22H,2,6-7H2,1H3,(H,20,23);3-8,11-12,21H,2,9-10H2,1H3,(H,19,22);3-9,12,21H,2,10-11H2,1H3,(H,19,22). The van der Waals surface area contributed by atoms with E-state index in [1.54, 1.807) is 52.0 Å². The van der Waals surface area contributed by atoms with Gasteiger partial charge in [-0.05, 0) is 146 Å². The van der Waals surface area contributed by atoms with Crippen molar-refractivity contribution in [3.8, 4) is 0 Å². The smallest absolute Gasteiger partial charge is 0.255 e. The SMILES string of the molecule is CCN(CCO)S(=O)(=O)c1cccc(C(=O)Nc2cc(F)cc(F)c2)c1.CCN(CCO)S(=O)(=O)c1cccc(C(=O)Nc2ccc(F)cc2)c1.CCN(CCO)S(=O)(=O)c1cccc(C(=O)Nc2cccc(Cl)c2)c1.CCN(CCO)S(=O)(=O)c1cccc(C(=O)Nc2cccc(F)c2)c1. The molecule has 0 saturated heterocycles. The van der Waals surface area contributed by atoms with Crippen molar-refractivity contribution in [3.05, 3.63) is 239 Å². The molecule has 101 heavy (non-hydrogen) atoms. The van der Waals surface area contributed by atoms with Crippen LogP contribution in [-0.2, 0) is 40.1 Å². The third kappa shape index (κ3) is 24.2. The quantitative estimate of drug-likeness (QED) is 0.0212. The summed E-state index contributed by atoms with van der Waals surface area (Å²) >= 11 is 5.88. The number of nitrogens with one attached hydrogen (secondary N) is 4. The molecule has 0 aliphatic carbocycles. The number of aliphatic hydroxyl groups is 4. The van der Waals surface area contributed by atoms with E-state index in [1.807, 2.05) is 0 Å². The summed E-state index contributed by atoms with van der Waals surface area (Å²) in [5.74, 6) is -4.81. The number of nitrogens with zero attached hydrogens (tertiary/aromatic N) is 4. The molecule has 0 aliphatic rings. The molecule has 0 atom stereocenters. The zero-order chi connectivity index (χ0) is 74.7. The number of amides is 4. The van der Waals surface area contributed by atoms with Crippen molar-refractivity contribution in [2.45, 2.75) is 47.3 Å². The molecule has 0 saturated carbocycles. The van der Waals surface area contributed by atoms with E-state index in [4.69, 9.17) is 32.0 Å². The van der Waals surface area contributed by atoms with Crippen LogP contribution >= 0.6 is 11.6 Å². The maximum absolute atomic E-state index is 13.2. The number of carbonyl (C=O) groups is 4. The van der Waals surface area contributed by atoms with Crippen molar-refractivity contribution in [1.29, 1.82) is 0 Å². The molecule has 0 radical (unpaired) electrons. The highest BCUT2D eigenvalue weighted by Crippen LogP contribution is 2.25. The van der Waals surface area contributed by atoms with Gasteiger partial charge in [-0.15, -0.1) is 0 Å². The average Bonchev–Trinajstić information content (AvgIpc) is 0.886. The molecule has 0 heterocycles. The molecule has 8 aromatic rings. The van der Waals surface area contributed by atoms with Crippen LogP contribution in [-0.4, -0.2) is 174 Å². The van der Waals surface area contributed by atoms with E-state index in [-0.39, 0.29) is 132 Å². The van der Waals surface area contributed by atoms with Gasteiger partial charge in [-0.25, -0.2) is 51.2 Å². The van der Waals surface area contributed by atoms with Crippen molar-refractivity contribution >= 4 is 98.1 Å². The van der Waals surface area contributed by atoms with Gasteiger partial charge in [-0.1, -0.05) is 75.7 Å². The number of benzene rings is 8. The highest BCUT2D eigenvalue weighted by molar-refractivity contribution is 7.90. The van der Waals surface area contributed by atoms with Crippen LogP contribution in [0.3, 0.4) is 0 Å². The molecule has 24 nitrogen and oxygen atoms in total. The highest BCUT2D eigenvalue weighted by atomic mass is 35.5. The molecule has 0 bridgehead atoms. The number of aliphatic hydroxyl groups excluding tert-OH is 4. The summed E-state index contributed by atoms with van der Waals surface area (Å²) in [6.45, 7) is 6.09. The fraction of sp³-hybridized carbons (Fsp3) is 0.235. The van der Waals surface area contributed by atoms with E-state index in [0.29, 0.717) is 22.5 Å². The fourth-order valence-electron chi connectivity index (χ4n) is 9.13. The molecule has 0 aromatic heterocycles. The van der Waals surface area contributed by atoms with Gasteiger partial charge >= 0.3 is 0 Å². The number of hydrogen-bond acceptors (Lipinski definition) is 16. The molecular weight excluding hydrogens is 1420 g/mol. The minimum atomic E-state index is -3.88. The van der Waals surface area contributed by atoms with Crippen LogP contribution < -0.4 is 21.3 Å². The van der Waals surface area contributed by atoms with Crippen LogP contribution in [0.5, 0.6) is 0 Å². The number of sulfonamides is 4. The Kier molecular flexibility index (Phi) is 32.3. The van der Waals surface area contributed by atoms with E-state index in [1.165, 1.54) is 146 Å². The molecule has 542 valence electrons. The first-order chi connectivity index (χ1) is 47.9. The lowest BCUT2D eigenvalue weighted by Crippen LogP contribution is -2.33. The molecule has 8 aromatic carbocycles. The summed E-state index contributed by atoms with van der Waals surface area (Å²) in [7, 11) is -15.3. The predicted molar refractivity (Wildman–Crippen MR) is 374 cm³/mol. The Morgan fingerprint density at radius 2 is 0.604 bits per heavy atom. The van der Waals surface area contributed by atoms with Crippen LogP contribution in [0.4, 0.5) is 40.3 Å². The van der Waals surface area contributed by atoms with Gasteiger partial charge in [0.05, 0.1) is 46.0 Å². The van der Waals surface area contributed by atoms with Crippen molar-refractivity contribution in [3.63, 3.8) is 0 Å². The Hall–Kier alpha value is -8.87. The van der Waals surface area contributed by atoms with E-state index in [9.17, 15) is 70.4 Å². The average molecular weight is 1500 g/mol. The molecule has 0 unspecified atom stereocenters. The van der Waals surface area contributed by atoms with Gasteiger partial charge in [-0.2, -0.15) is 17.2 Å². The van der Waals surface area contributed by atoms with Crippen LogP contribution in [0, 0.1) is 23.3 Å². The van der Waals surface area contributed by atoms with E-state index in [2.05, 4.69) is 21.3 Å². The minimum absolute atomic E-state index is 0.00143. The number of carbonyl (C=O) groups excluding carboxylic acids is 4. The topological polar surface area (TPSA) is 347 Å². The number of anilines is 4. The first-order valence-corrected chi connectivity index (χ1v) is 36.9. The van der Waals surface area contributed by atoms with Crippen molar-refractivity contribution in [2.75, 3.05) is 100 Å². The second-order valence-corrected chi connectivity index (χ2v) is 29.2. The van der Waals surface area contributed by atoms with Crippen LogP contribution in [0.2, 0.25) is 5.02 Å². The van der Waals surface area contributed by atoms with E-state index in [0.717, 1.165) is 29.4 Å². The van der Waals surface area contributed by atoms with Crippen molar-refractivity contribution < 1.29 is 90.8 Å². The minimum Gasteiger partial charge on any atom is -0.395 e. The lowest BCUT2D eigenvalue weighted by Gasteiger charge is -2.19. The molecule has 0 spiro atoms. The zero-order valence-corrected chi connectivity index (χ0v) is 58.9. The summed E-state index contributed by atoms with van der Waals surface area (Å²) in [5.41, 5.74) is 1.61. The summed E-state index contributed by atoms with van der Waals surface area (Å²) in [5, 5.41) is 46.6. The molecule has 4 amide bonds. The van der Waals surface area contributed by atoms with Gasteiger partial charge < -0.3 is 41.7 Å². The molecule has 8 N–H and O–H groups in total. The molecular formula is C68H75ClF4N8O16S4. The Bertz CT molecular complexity index is 4450. The van der Waals surface area contributed by atoms with Crippen LogP contribution in [0.1, 0.15) is 69.1 Å². The Balaban J connectivity index is 0.000000243.